The third-order valence-electron chi connectivity index (χ3n) is 7.48. The summed E-state index contributed by atoms with van der Waals surface area (Å²) in [5.41, 5.74) is -0.849. The fourth-order valence-electron chi connectivity index (χ4n) is 4.91. The first-order valence-electron chi connectivity index (χ1n) is 16.0. The Hall–Kier alpha value is -2.34. The molecule has 2 heterocycles. The standard InChI is InChI=1S/C34H22Cl12N4O9/c35-15-13-21(56-11-7-23(37)38)29(43)31(45)27(15)19(58-33-17(49(51)52)1-3-25(41)47-33)5-9-55-10-6-20(59-34-18(50(53)54)2-4-26(42)48-34)28-16(36)14-22(30(44)32(28)46)57-12-8-24(39)40/h1-4,7-8,13-14,19-20H,5-6,9-12H2. The molecule has 0 spiro atoms. The molecule has 13 nitrogen and oxygen atoms in total. The molecule has 4 aromatic rings. The molecule has 2 atom stereocenters. The van der Waals surface area contributed by atoms with E-state index >= 15 is 0 Å². The zero-order valence-corrected chi connectivity index (χ0v) is 38.1. The van der Waals surface area contributed by atoms with Gasteiger partial charge in [-0.3, -0.25) is 20.2 Å². The van der Waals surface area contributed by atoms with Gasteiger partial charge < -0.3 is 23.7 Å². The number of nitrogens with zero attached hydrogens (tertiary/aromatic N) is 4. The molecule has 2 aromatic carbocycles. The number of aromatic nitrogens is 2. The minimum Gasteiger partial charge on any atom is -0.488 e. The SMILES string of the molecule is O=[N+]([O-])c1ccc(Cl)nc1OC(CCOCCC(Oc1nc(Cl)ccc1[N+](=O)[O-])c1c(Cl)cc(OCC=C(Cl)Cl)c(Cl)c1Cl)c1c(Cl)cc(OCC=C(Cl)Cl)c(Cl)c1Cl. The third-order valence-corrected chi connectivity index (χ3v) is 10.9. The molecule has 4 rings (SSSR count). The van der Waals surface area contributed by atoms with E-state index < -0.39 is 45.2 Å². The van der Waals surface area contributed by atoms with Gasteiger partial charge in [0.05, 0.1) is 43.2 Å². The number of rotatable bonds is 20. The quantitative estimate of drug-likeness (QED) is 0.0273. The molecule has 0 fully saturated rings. The van der Waals surface area contributed by atoms with E-state index in [1.165, 1.54) is 36.4 Å². The Morgan fingerprint density at radius 2 is 0.983 bits per heavy atom. The van der Waals surface area contributed by atoms with Crippen molar-refractivity contribution in [2.45, 2.75) is 25.0 Å². The second-order valence-corrected chi connectivity index (χ2v) is 16.4. The van der Waals surface area contributed by atoms with Crippen LogP contribution in [0.5, 0.6) is 23.3 Å². The molecule has 0 bridgehead atoms. The van der Waals surface area contributed by atoms with Gasteiger partial charge in [-0.25, -0.2) is 0 Å². The second-order valence-electron chi connectivity index (χ2n) is 11.2. The number of hydrogen-bond donors (Lipinski definition) is 0. The first-order valence-corrected chi connectivity index (χ1v) is 20.6. The fraction of sp³-hybridized carbons (Fsp3) is 0.235. The van der Waals surface area contributed by atoms with Crippen molar-refractivity contribution >= 4 is 151 Å². The average Bonchev–Trinajstić information content (AvgIpc) is 3.14. The van der Waals surface area contributed by atoms with Gasteiger partial charge >= 0.3 is 11.4 Å². The van der Waals surface area contributed by atoms with E-state index in [2.05, 4.69) is 9.97 Å². The molecular formula is C34H22Cl12N4O9. The number of halogens is 12. The summed E-state index contributed by atoms with van der Waals surface area (Å²) in [5, 5.41) is 23.1. The predicted molar refractivity (Wildman–Crippen MR) is 232 cm³/mol. The Kier molecular flexibility index (Phi) is 19.4. The van der Waals surface area contributed by atoms with Gasteiger partial charge in [-0.2, -0.15) is 9.97 Å². The van der Waals surface area contributed by atoms with Crippen LogP contribution >= 0.6 is 139 Å². The van der Waals surface area contributed by atoms with Gasteiger partial charge in [0.25, 0.3) is 11.8 Å². The Morgan fingerprint density at radius 3 is 1.32 bits per heavy atom. The smallest absolute Gasteiger partial charge is 0.331 e. The van der Waals surface area contributed by atoms with Gasteiger partial charge in [0.15, 0.2) is 0 Å². The molecule has 0 N–H and O–H groups in total. The summed E-state index contributed by atoms with van der Waals surface area (Å²) in [6.07, 6.45) is 0.130. The number of nitro groups is 2. The number of benzene rings is 2. The zero-order valence-electron chi connectivity index (χ0n) is 29.0. The van der Waals surface area contributed by atoms with E-state index in [0.717, 1.165) is 12.1 Å². The highest BCUT2D eigenvalue weighted by atomic mass is 35.5. The third kappa shape index (κ3) is 13.8. The van der Waals surface area contributed by atoms with Crippen LogP contribution < -0.4 is 18.9 Å². The number of pyridine rings is 2. The predicted octanol–water partition coefficient (Wildman–Crippen LogP) is 14.7. The van der Waals surface area contributed by atoms with E-state index in [0.29, 0.717) is 0 Å². The molecule has 0 aliphatic carbocycles. The lowest BCUT2D eigenvalue weighted by atomic mass is 10.1. The summed E-state index contributed by atoms with van der Waals surface area (Å²) in [6.45, 7) is -0.467. The second kappa shape index (κ2) is 23.2. The summed E-state index contributed by atoms with van der Waals surface area (Å²) >= 11 is 74.7. The molecule has 0 saturated carbocycles. The van der Waals surface area contributed by atoms with Crippen molar-refractivity contribution in [1.29, 1.82) is 0 Å². The first kappa shape index (κ1) is 49.3. The van der Waals surface area contributed by atoms with Crippen LogP contribution in [-0.4, -0.2) is 46.2 Å². The normalized spacial score (nSPS) is 12.0. The minimum atomic E-state index is -1.20. The van der Waals surface area contributed by atoms with Crippen LogP contribution in [0.1, 0.15) is 36.2 Å². The Balaban J connectivity index is 1.65. The van der Waals surface area contributed by atoms with E-state index in [-0.39, 0.29) is 111 Å². The highest BCUT2D eigenvalue weighted by Crippen LogP contribution is 2.47. The molecular weight excluding hydrogens is 1030 g/mol. The van der Waals surface area contributed by atoms with Gasteiger partial charge in [0, 0.05) is 48.2 Å². The molecule has 316 valence electrons. The van der Waals surface area contributed by atoms with E-state index in [1.54, 1.807) is 0 Å². The van der Waals surface area contributed by atoms with Crippen molar-refractivity contribution in [1.82, 2.24) is 9.97 Å². The van der Waals surface area contributed by atoms with Gasteiger partial charge in [-0.1, -0.05) is 139 Å². The van der Waals surface area contributed by atoms with Crippen molar-refractivity contribution in [3.8, 4) is 23.3 Å². The number of ether oxygens (including phenoxy) is 5. The molecule has 59 heavy (non-hydrogen) atoms. The molecule has 2 unspecified atom stereocenters. The first-order chi connectivity index (χ1) is 27.9. The van der Waals surface area contributed by atoms with Gasteiger partial charge in [0.1, 0.15) is 66.3 Å². The molecule has 25 heteroatoms. The van der Waals surface area contributed by atoms with Gasteiger partial charge in [-0.15, -0.1) is 0 Å². The molecule has 0 radical (unpaired) electrons. The van der Waals surface area contributed by atoms with Crippen molar-refractivity contribution in [2.24, 2.45) is 0 Å². The molecule has 0 saturated heterocycles. The van der Waals surface area contributed by atoms with Crippen molar-refractivity contribution < 1.29 is 33.5 Å². The maximum atomic E-state index is 11.9. The largest absolute Gasteiger partial charge is 0.488 e. The Bertz CT molecular complexity index is 2110. The lowest BCUT2D eigenvalue weighted by Crippen LogP contribution is -2.17. The van der Waals surface area contributed by atoms with Crippen molar-refractivity contribution in [3.05, 3.63) is 129 Å². The monoisotopic (exact) mass is 1050 g/mol. The van der Waals surface area contributed by atoms with Crippen LogP contribution in [0.4, 0.5) is 11.4 Å². The zero-order chi connectivity index (χ0) is 43.6. The van der Waals surface area contributed by atoms with Crippen molar-refractivity contribution in [3.63, 3.8) is 0 Å². The minimum absolute atomic E-state index is 0.00974. The Morgan fingerprint density at radius 1 is 0.610 bits per heavy atom. The lowest BCUT2D eigenvalue weighted by molar-refractivity contribution is -0.386. The molecule has 2 aromatic heterocycles. The van der Waals surface area contributed by atoms with Crippen LogP contribution in [0.15, 0.2) is 57.5 Å². The van der Waals surface area contributed by atoms with Gasteiger partial charge in [0.2, 0.25) is 0 Å². The highest BCUT2D eigenvalue weighted by molar-refractivity contribution is 6.56. The summed E-state index contributed by atoms with van der Waals surface area (Å²) in [6, 6.07) is 7.33. The topological polar surface area (TPSA) is 158 Å². The fourth-order valence-corrected chi connectivity index (χ4v) is 7.23. The summed E-state index contributed by atoms with van der Waals surface area (Å²) in [7, 11) is 0. The highest BCUT2D eigenvalue weighted by Gasteiger charge is 2.31. The van der Waals surface area contributed by atoms with Crippen LogP contribution in [0.2, 0.25) is 40.4 Å². The van der Waals surface area contributed by atoms with Crippen LogP contribution in [0.3, 0.4) is 0 Å². The van der Waals surface area contributed by atoms with E-state index in [9.17, 15) is 20.2 Å². The lowest BCUT2D eigenvalue weighted by Gasteiger charge is -2.24. The van der Waals surface area contributed by atoms with Crippen LogP contribution in [0, 0.1) is 20.2 Å². The summed E-state index contributed by atoms with van der Waals surface area (Å²) < 4.78 is 29.1. The van der Waals surface area contributed by atoms with Gasteiger partial charge in [-0.05, 0) is 24.3 Å². The molecule has 0 amide bonds. The molecule has 0 aliphatic heterocycles. The summed E-state index contributed by atoms with van der Waals surface area (Å²) in [4.78, 5) is 30.3. The van der Waals surface area contributed by atoms with E-state index in [4.69, 9.17) is 163 Å². The van der Waals surface area contributed by atoms with Crippen LogP contribution in [0.25, 0.3) is 0 Å². The maximum absolute atomic E-state index is 11.9. The van der Waals surface area contributed by atoms with Crippen LogP contribution in [-0.2, 0) is 4.74 Å². The Labute approximate surface area is 395 Å². The number of hydrogen-bond acceptors (Lipinski definition) is 11. The maximum Gasteiger partial charge on any atom is 0.331 e. The van der Waals surface area contributed by atoms with E-state index in [1.807, 2.05) is 0 Å². The molecule has 0 aliphatic rings. The summed E-state index contributed by atoms with van der Waals surface area (Å²) in [5.74, 6) is -0.797. The average molecular weight is 1060 g/mol. The van der Waals surface area contributed by atoms with Crippen molar-refractivity contribution in [2.75, 3.05) is 26.4 Å².